The van der Waals surface area contributed by atoms with E-state index in [4.69, 9.17) is 4.98 Å². The molecule has 0 radical (unpaired) electrons. The quantitative estimate of drug-likeness (QED) is 0.218. The number of aromatic nitrogens is 2. The van der Waals surface area contributed by atoms with Crippen molar-refractivity contribution in [3.63, 3.8) is 0 Å². The van der Waals surface area contributed by atoms with E-state index < -0.39 is 10.0 Å². The Morgan fingerprint density at radius 2 is 1.15 bits per heavy atom. The third kappa shape index (κ3) is 4.24. The van der Waals surface area contributed by atoms with E-state index >= 15 is 0 Å². The van der Waals surface area contributed by atoms with E-state index in [2.05, 4.69) is 70.8 Å². The monoisotopic (exact) mass is 553 g/mol. The van der Waals surface area contributed by atoms with E-state index in [1.54, 1.807) is 30.3 Å². The van der Waals surface area contributed by atoms with Gasteiger partial charge in [0.1, 0.15) is 5.82 Å². The van der Waals surface area contributed by atoms with Crippen LogP contribution in [0.15, 0.2) is 126 Å². The zero-order valence-electron chi connectivity index (χ0n) is 22.7. The van der Waals surface area contributed by atoms with Crippen LogP contribution in [0.4, 0.5) is 5.69 Å². The Morgan fingerprint density at radius 1 is 0.610 bits per heavy atom. The summed E-state index contributed by atoms with van der Waals surface area (Å²) in [7, 11) is -3.83. The van der Waals surface area contributed by atoms with Gasteiger partial charge >= 0.3 is 0 Å². The lowest BCUT2D eigenvalue weighted by molar-refractivity contribution is 0.601. The van der Waals surface area contributed by atoms with Crippen molar-refractivity contribution in [1.29, 1.82) is 0 Å². The minimum Gasteiger partial charge on any atom is -0.292 e. The molecule has 200 valence electrons. The summed E-state index contributed by atoms with van der Waals surface area (Å²) in [6, 6.07) is 39.3. The van der Waals surface area contributed by atoms with Gasteiger partial charge in [0.25, 0.3) is 10.0 Å². The summed E-state index contributed by atoms with van der Waals surface area (Å²) in [6.07, 6.45) is 0. The predicted octanol–water partition coefficient (Wildman–Crippen LogP) is 8.42. The van der Waals surface area contributed by atoms with Crippen molar-refractivity contribution >= 4 is 48.3 Å². The fourth-order valence-corrected chi connectivity index (χ4v) is 6.60. The van der Waals surface area contributed by atoms with E-state index in [0.717, 1.165) is 49.4 Å². The van der Waals surface area contributed by atoms with Gasteiger partial charge in [-0.25, -0.2) is 13.4 Å². The van der Waals surface area contributed by atoms with Crippen LogP contribution in [-0.2, 0) is 10.0 Å². The van der Waals surface area contributed by atoms with Crippen molar-refractivity contribution in [2.24, 2.45) is 0 Å². The summed E-state index contributed by atoms with van der Waals surface area (Å²) in [5, 5.41) is 4.40. The summed E-state index contributed by atoms with van der Waals surface area (Å²) in [6.45, 7) is 4.00. The highest BCUT2D eigenvalue weighted by Crippen LogP contribution is 2.40. The topological polar surface area (TPSA) is 64.0 Å². The maximum atomic E-state index is 13.5. The summed E-state index contributed by atoms with van der Waals surface area (Å²) in [5.41, 5.74) is 6.10. The molecule has 0 saturated heterocycles. The van der Waals surface area contributed by atoms with Gasteiger partial charge in [0.2, 0.25) is 0 Å². The first kappa shape index (κ1) is 25.1. The Labute approximate surface area is 238 Å². The number of para-hydroxylation sites is 1. The fraction of sp³-hybridized carbons (Fsp3) is 0.0571. The fourth-order valence-electron chi connectivity index (χ4n) is 5.52. The van der Waals surface area contributed by atoms with Gasteiger partial charge < -0.3 is 0 Å². The molecule has 1 N–H and O–H groups in total. The van der Waals surface area contributed by atoms with Gasteiger partial charge in [-0.3, -0.25) is 9.29 Å². The molecule has 1 heterocycles. The molecule has 0 unspecified atom stereocenters. The lowest BCUT2D eigenvalue weighted by Gasteiger charge is -2.15. The standard InChI is InChI=1S/C35H27N3O2S/c1-23-15-19-25(20-16-23)38-34-30-12-6-4-10-28(30)27-9-3-5-11-29(27)33(34)36-35(38)31-13-7-8-14-32(31)37-41(39,40)26-21-17-24(2)18-22-26/h3-22,37H,1-2H3. The van der Waals surface area contributed by atoms with Gasteiger partial charge in [-0.2, -0.15) is 0 Å². The van der Waals surface area contributed by atoms with Gasteiger partial charge in [0, 0.05) is 22.0 Å². The summed E-state index contributed by atoms with van der Waals surface area (Å²) in [5.74, 6) is 0.660. The average Bonchev–Trinajstić information content (AvgIpc) is 3.39. The molecular formula is C35H27N3O2S. The molecule has 1 aromatic heterocycles. The number of fused-ring (bicyclic) bond motifs is 6. The third-order valence-electron chi connectivity index (χ3n) is 7.57. The molecule has 0 amide bonds. The molecule has 0 aliphatic heterocycles. The number of hydrogen-bond donors (Lipinski definition) is 1. The normalized spacial score (nSPS) is 11.9. The van der Waals surface area contributed by atoms with Crippen LogP contribution in [0, 0.1) is 13.8 Å². The summed E-state index contributed by atoms with van der Waals surface area (Å²) >= 11 is 0. The smallest absolute Gasteiger partial charge is 0.261 e. The Bertz CT molecular complexity index is 2200. The SMILES string of the molecule is Cc1ccc(-n2c(-c3ccccc3NS(=O)(=O)c3ccc(C)cc3)nc3c4ccccc4c4ccccc4c32)cc1. The molecule has 0 spiro atoms. The Balaban J connectivity index is 1.55. The van der Waals surface area contributed by atoms with Crippen molar-refractivity contribution in [3.05, 3.63) is 132 Å². The van der Waals surface area contributed by atoms with Crippen LogP contribution in [0.5, 0.6) is 0 Å². The van der Waals surface area contributed by atoms with Gasteiger partial charge in [0.05, 0.1) is 21.6 Å². The number of anilines is 1. The summed E-state index contributed by atoms with van der Waals surface area (Å²) < 4.78 is 31.9. The highest BCUT2D eigenvalue weighted by Gasteiger charge is 2.23. The number of benzene rings is 6. The minimum absolute atomic E-state index is 0.210. The van der Waals surface area contributed by atoms with Crippen molar-refractivity contribution in [1.82, 2.24) is 9.55 Å². The maximum Gasteiger partial charge on any atom is 0.261 e. The lowest BCUT2D eigenvalue weighted by Crippen LogP contribution is -2.14. The Kier molecular flexibility index (Phi) is 5.87. The molecule has 6 heteroatoms. The van der Waals surface area contributed by atoms with E-state index in [0.29, 0.717) is 17.1 Å². The Morgan fingerprint density at radius 3 is 1.83 bits per heavy atom. The van der Waals surface area contributed by atoms with Crippen LogP contribution in [0.2, 0.25) is 0 Å². The van der Waals surface area contributed by atoms with E-state index in [9.17, 15) is 8.42 Å². The second-order valence-electron chi connectivity index (χ2n) is 10.4. The molecule has 0 aliphatic rings. The molecule has 7 aromatic rings. The molecular weight excluding hydrogens is 526 g/mol. The second kappa shape index (κ2) is 9.61. The highest BCUT2D eigenvalue weighted by molar-refractivity contribution is 7.92. The first-order valence-corrected chi connectivity index (χ1v) is 15.0. The van der Waals surface area contributed by atoms with Crippen LogP contribution in [-0.4, -0.2) is 18.0 Å². The number of aryl methyl sites for hydroxylation is 2. The molecule has 0 fully saturated rings. The van der Waals surface area contributed by atoms with Crippen molar-refractivity contribution in [2.75, 3.05) is 4.72 Å². The number of nitrogens with one attached hydrogen (secondary N) is 1. The van der Waals surface area contributed by atoms with Gasteiger partial charge in [-0.15, -0.1) is 0 Å². The van der Waals surface area contributed by atoms with Crippen molar-refractivity contribution in [2.45, 2.75) is 18.7 Å². The molecule has 0 atom stereocenters. The minimum atomic E-state index is -3.83. The van der Waals surface area contributed by atoms with Crippen LogP contribution in [0.3, 0.4) is 0 Å². The third-order valence-corrected chi connectivity index (χ3v) is 8.95. The van der Waals surface area contributed by atoms with E-state index in [-0.39, 0.29) is 4.90 Å². The zero-order valence-corrected chi connectivity index (χ0v) is 23.5. The van der Waals surface area contributed by atoms with Gasteiger partial charge in [-0.1, -0.05) is 96.1 Å². The molecule has 0 aliphatic carbocycles. The first-order valence-electron chi connectivity index (χ1n) is 13.5. The first-order chi connectivity index (χ1) is 19.9. The molecule has 0 saturated carbocycles. The second-order valence-corrected chi connectivity index (χ2v) is 12.0. The Hall–Kier alpha value is -4.94. The van der Waals surface area contributed by atoms with Crippen LogP contribution >= 0.6 is 0 Å². The maximum absolute atomic E-state index is 13.5. The molecule has 6 aromatic carbocycles. The largest absolute Gasteiger partial charge is 0.292 e. The van der Waals surface area contributed by atoms with Gasteiger partial charge in [-0.05, 0) is 61.0 Å². The average molecular weight is 554 g/mol. The summed E-state index contributed by atoms with van der Waals surface area (Å²) in [4.78, 5) is 5.47. The van der Waals surface area contributed by atoms with Crippen LogP contribution in [0.1, 0.15) is 11.1 Å². The predicted molar refractivity (Wildman–Crippen MR) is 168 cm³/mol. The number of hydrogen-bond acceptors (Lipinski definition) is 3. The molecule has 0 bridgehead atoms. The number of rotatable bonds is 5. The van der Waals surface area contributed by atoms with Crippen LogP contribution < -0.4 is 4.72 Å². The van der Waals surface area contributed by atoms with Crippen molar-refractivity contribution < 1.29 is 8.42 Å². The van der Waals surface area contributed by atoms with Gasteiger partial charge in [0.15, 0.2) is 0 Å². The lowest BCUT2D eigenvalue weighted by atomic mass is 10.00. The molecule has 41 heavy (non-hydrogen) atoms. The molecule has 7 rings (SSSR count). The molecule has 5 nitrogen and oxygen atoms in total. The van der Waals surface area contributed by atoms with E-state index in [1.165, 1.54) is 0 Å². The van der Waals surface area contributed by atoms with Crippen LogP contribution in [0.25, 0.3) is 49.7 Å². The van der Waals surface area contributed by atoms with Crippen molar-refractivity contribution in [3.8, 4) is 17.1 Å². The zero-order chi connectivity index (χ0) is 28.1. The number of imidazole rings is 1. The number of sulfonamides is 1. The van der Waals surface area contributed by atoms with E-state index in [1.807, 2.05) is 43.3 Å². The number of nitrogens with zero attached hydrogens (tertiary/aromatic N) is 2. The highest BCUT2D eigenvalue weighted by atomic mass is 32.2.